The maximum absolute atomic E-state index is 5.62. The van der Waals surface area contributed by atoms with E-state index in [0.29, 0.717) is 0 Å². The van der Waals surface area contributed by atoms with Crippen molar-refractivity contribution in [3.05, 3.63) is 0 Å². The van der Waals surface area contributed by atoms with E-state index in [2.05, 4.69) is 0 Å². The molecule has 0 aromatic rings. The monoisotopic (exact) mass is 59.0 g/mol. The van der Waals surface area contributed by atoms with Crippen molar-refractivity contribution in [2.24, 2.45) is 0 Å². The maximum Gasteiger partial charge on any atom is 0.0831 e. The Hall–Kier alpha value is -0.660. The fourth-order valence-electron chi connectivity index (χ4n) is 0. The van der Waals surface area contributed by atoms with Crippen LogP contribution < -0.4 is 6.15 Å². The molecule has 0 unspecified atom stereocenters. The summed E-state index contributed by atoms with van der Waals surface area (Å²) >= 11 is 0. The highest BCUT2D eigenvalue weighted by molar-refractivity contribution is 5.29. The summed E-state index contributed by atoms with van der Waals surface area (Å²) in [5.41, 5.74) is 0. The number of nitrogens with one attached hydrogen (secondary N) is 2. The summed E-state index contributed by atoms with van der Waals surface area (Å²) in [6, 6.07) is 1.25. The number of rotatable bonds is 0. The van der Waals surface area contributed by atoms with Crippen LogP contribution in [0.5, 0.6) is 0 Å². The molecule has 0 aliphatic carbocycles. The Kier molecular flexibility index (Phi) is 92.5. The molecule has 3 heteroatoms. The number of hydrogen-bond acceptors (Lipinski definition) is 3. The molecule has 0 aliphatic heterocycles. The van der Waals surface area contributed by atoms with E-state index in [-0.39, 0.29) is 6.15 Å². The van der Waals surface area contributed by atoms with Crippen molar-refractivity contribution in [3.63, 3.8) is 0 Å². The van der Waals surface area contributed by atoms with Gasteiger partial charge in [-0.25, -0.2) is 10.8 Å². The van der Waals surface area contributed by atoms with Gasteiger partial charge in [0.15, 0.2) is 0 Å². The molecule has 0 atom stereocenters. The van der Waals surface area contributed by atoms with E-state index in [1.165, 1.54) is 6.01 Å². The first kappa shape index (κ1) is 10.2. The molecule has 0 aliphatic rings. The normalized spacial score (nSPS) is 2.00. The maximum atomic E-state index is 5.62. The fraction of sp³-hybridized carbons (Fsp3) is 0. The van der Waals surface area contributed by atoms with Crippen molar-refractivity contribution in [1.29, 1.82) is 10.8 Å². The molecule has 0 rings (SSSR count). The summed E-state index contributed by atoms with van der Waals surface area (Å²) in [5, 5.41) is 11.2. The lowest BCUT2D eigenvalue weighted by molar-refractivity contribution is 1.47. The topological polar surface area (TPSA) is 82.7 Å². The minimum absolute atomic E-state index is 0. The van der Waals surface area contributed by atoms with Crippen LogP contribution in [0.15, 0.2) is 0 Å². The molecule has 0 aromatic heterocycles. The van der Waals surface area contributed by atoms with Gasteiger partial charge in [-0.1, -0.05) is 0 Å². The zero-order valence-corrected chi connectivity index (χ0v) is 2.21. The average molecular weight is 59.1 g/mol. The molecule has 0 heterocycles. The van der Waals surface area contributed by atoms with Crippen LogP contribution in [0.3, 0.4) is 0 Å². The standard InChI is InChI=1S/CH2N2.H3N/c2-1-3;/h2-3H;1H3. The molecule has 24 valence electrons. The van der Waals surface area contributed by atoms with Crippen molar-refractivity contribution < 1.29 is 0 Å². The van der Waals surface area contributed by atoms with E-state index < -0.39 is 0 Å². The molecule has 0 spiro atoms. The molecular formula is CH5N3. The molecule has 0 saturated heterocycles. The Morgan fingerprint density at radius 1 is 1.25 bits per heavy atom. The Morgan fingerprint density at radius 2 is 1.25 bits per heavy atom. The predicted octanol–water partition coefficient (Wildman–Crippen LogP) is 0.480. The molecule has 5 N–H and O–H groups in total. The van der Waals surface area contributed by atoms with Gasteiger partial charge in [-0.15, -0.1) is 0 Å². The van der Waals surface area contributed by atoms with Gasteiger partial charge in [0.2, 0.25) is 0 Å². The van der Waals surface area contributed by atoms with Crippen molar-refractivity contribution in [2.75, 3.05) is 0 Å². The summed E-state index contributed by atoms with van der Waals surface area (Å²) in [5.74, 6) is 0. The average Bonchev–Trinajstić information content (AvgIpc) is 0.918. The summed E-state index contributed by atoms with van der Waals surface area (Å²) in [6.07, 6.45) is 0. The molecule has 0 saturated carbocycles. The minimum atomic E-state index is 0. The van der Waals surface area contributed by atoms with Gasteiger partial charge in [0.25, 0.3) is 0 Å². The van der Waals surface area contributed by atoms with Crippen LogP contribution in [0, 0.1) is 10.8 Å². The molecule has 0 bridgehead atoms. The molecule has 0 amide bonds. The highest BCUT2D eigenvalue weighted by atomic mass is 14.4. The first-order valence-corrected chi connectivity index (χ1v) is 0.500. The molecule has 0 fully saturated rings. The first-order chi connectivity index (χ1) is 1.41. The van der Waals surface area contributed by atoms with E-state index in [1.807, 2.05) is 0 Å². The minimum Gasteiger partial charge on any atom is -0.344 e. The van der Waals surface area contributed by atoms with Crippen LogP contribution in [0.25, 0.3) is 0 Å². The zero-order valence-electron chi connectivity index (χ0n) is 2.21. The van der Waals surface area contributed by atoms with Gasteiger partial charge >= 0.3 is 0 Å². The van der Waals surface area contributed by atoms with Crippen LogP contribution in [0.1, 0.15) is 0 Å². The third-order valence-electron chi connectivity index (χ3n) is 0. The SMILES string of the molecule is N.N=C=N. The summed E-state index contributed by atoms with van der Waals surface area (Å²) in [7, 11) is 0. The second kappa shape index (κ2) is 36.3. The van der Waals surface area contributed by atoms with Crippen molar-refractivity contribution in [1.82, 2.24) is 6.15 Å². The third kappa shape index (κ3) is 0.356. The third-order valence-corrected chi connectivity index (χ3v) is 0. The van der Waals surface area contributed by atoms with Gasteiger partial charge in [-0.3, -0.25) is 0 Å². The van der Waals surface area contributed by atoms with Crippen LogP contribution in [0.4, 0.5) is 0 Å². The van der Waals surface area contributed by atoms with Gasteiger partial charge in [0, 0.05) is 0 Å². The molecular weight excluding hydrogens is 54.0 g/mol. The largest absolute Gasteiger partial charge is 0.344 e. The van der Waals surface area contributed by atoms with E-state index in [0.717, 1.165) is 0 Å². The van der Waals surface area contributed by atoms with Gasteiger partial charge in [0.05, 0.1) is 6.01 Å². The second-order valence-electron chi connectivity index (χ2n) is 0.125. The quantitative estimate of drug-likeness (QED) is 0.348. The van der Waals surface area contributed by atoms with Gasteiger partial charge in [-0.2, -0.15) is 0 Å². The summed E-state index contributed by atoms with van der Waals surface area (Å²) < 4.78 is 0. The summed E-state index contributed by atoms with van der Waals surface area (Å²) in [6.45, 7) is 0. The first-order valence-electron chi connectivity index (χ1n) is 0.500. The molecule has 3 nitrogen and oxygen atoms in total. The van der Waals surface area contributed by atoms with Crippen LogP contribution in [-0.2, 0) is 0 Å². The Labute approximate surface area is 24.2 Å². The summed E-state index contributed by atoms with van der Waals surface area (Å²) in [4.78, 5) is 0. The van der Waals surface area contributed by atoms with Gasteiger partial charge in [-0.05, 0) is 0 Å². The zero-order chi connectivity index (χ0) is 2.71. The van der Waals surface area contributed by atoms with Crippen LogP contribution in [0.2, 0.25) is 0 Å². The van der Waals surface area contributed by atoms with Crippen LogP contribution >= 0.6 is 0 Å². The van der Waals surface area contributed by atoms with E-state index in [9.17, 15) is 0 Å². The fourth-order valence-corrected chi connectivity index (χ4v) is 0. The van der Waals surface area contributed by atoms with E-state index >= 15 is 0 Å². The van der Waals surface area contributed by atoms with Gasteiger partial charge < -0.3 is 6.15 Å². The van der Waals surface area contributed by atoms with E-state index in [4.69, 9.17) is 10.8 Å². The van der Waals surface area contributed by atoms with Crippen molar-refractivity contribution in [2.45, 2.75) is 0 Å². The highest BCUT2D eigenvalue weighted by Crippen LogP contribution is 0.920. The molecule has 0 aromatic carbocycles. The van der Waals surface area contributed by atoms with Crippen molar-refractivity contribution in [3.8, 4) is 0 Å². The number of hydrogen-bond donors (Lipinski definition) is 3. The Balaban J connectivity index is 0. The van der Waals surface area contributed by atoms with Crippen molar-refractivity contribution >= 4 is 6.01 Å². The highest BCUT2D eigenvalue weighted by Gasteiger charge is 0.934. The smallest absolute Gasteiger partial charge is 0.0831 e. The second-order valence-corrected chi connectivity index (χ2v) is 0.125. The predicted molar refractivity (Wildman–Crippen MR) is 15.5 cm³/mol. The lowest BCUT2D eigenvalue weighted by Crippen LogP contribution is -1.11. The molecule has 4 heavy (non-hydrogen) atoms. The lowest BCUT2D eigenvalue weighted by Gasteiger charge is -1.09. The Bertz CT molecular complexity index is 24.3. The lowest BCUT2D eigenvalue weighted by atomic mass is 11.6. The van der Waals surface area contributed by atoms with Gasteiger partial charge in [0.1, 0.15) is 0 Å². The Morgan fingerprint density at radius 3 is 1.25 bits per heavy atom. The van der Waals surface area contributed by atoms with E-state index in [1.54, 1.807) is 0 Å². The van der Waals surface area contributed by atoms with Crippen LogP contribution in [-0.4, -0.2) is 6.01 Å². The molecule has 0 radical (unpaired) electrons.